The summed E-state index contributed by atoms with van der Waals surface area (Å²) in [6, 6.07) is 2.40. The highest BCUT2D eigenvalue weighted by Gasteiger charge is 2.13. The van der Waals surface area contributed by atoms with Crippen molar-refractivity contribution in [1.29, 1.82) is 0 Å². The highest BCUT2D eigenvalue weighted by molar-refractivity contribution is 9.09. The van der Waals surface area contributed by atoms with Crippen LogP contribution in [0.4, 0.5) is 4.39 Å². The standard InChI is InChI=1S/C10H12BrFN2O2/c1-16-6-8(4-11)14-10(15)9-3-2-7(12)5-13-9/h2-3,5,8H,4,6H2,1H3,(H,14,15). The van der Waals surface area contributed by atoms with Gasteiger partial charge < -0.3 is 10.1 Å². The molecule has 4 nitrogen and oxygen atoms in total. The van der Waals surface area contributed by atoms with Gasteiger partial charge in [-0.05, 0) is 12.1 Å². The number of hydrogen-bond donors (Lipinski definition) is 1. The second kappa shape index (κ2) is 6.55. The third-order valence-corrected chi connectivity index (χ3v) is 2.63. The van der Waals surface area contributed by atoms with Crippen molar-refractivity contribution >= 4 is 21.8 Å². The van der Waals surface area contributed by atoms with Gasteiger partial charge in [0.15, 0.2) is 0 Å². The smallest absolute Gasteiger partial charge is 0.270 e. The maximum absolute atomic E-state index is 12.6. The van der Waals surface area contributed by atoms with E-state index in [2.05, 4.69) is 26.2 Å². The van der Waals surface area contributed by atoms with Crippen molar-refractivity contribution in [3.8, 4) is 0 Å². The quantitative estimate of drug-likeness (QED) is 0.833. The van der Waals surface area contributed by atoms with E-state index >= 15 is 0 Å². The summed E-state index contributed by atoms with van der Waals surface area (Å²) < 4.78 is 17.5. The number of alkyl halides is 1. The number of methoxy groups -OCH3 is 1. The first-order valence-electron chi connectivity index (χ1n) is 4.64. The second-order valence-corrected chi connectivity index (χ2v) is 3.79. The molecule has 1 unspecified atom stereocenters. The molecule has 6 heteroatoms. The van der Waals surface area contributed by atoms with Gasteiger partial charge in [-0.1, -0.05) is 15.9 Å². The largest absolute Gasteiger partial charge is 0.383 e. The van der Waals surface area contributed by atoms with E-state index in [4.69, 9.17) is 4.74 Å². The zero-order valence-electron chi connectivity index (χ0n) is 8.74. The third-order valence-electron chi connectivity index (χ3n) is 1.85. The van der Waals surface area contributed by atoms with E-state index in [-0.39, 0.29) is 17.6 Å². The number of pyridine rings is 1. The van der Waals surface area contributed by atoms with Crippen LogP contribution in [0.5, 0.6) is 0 Å². The summed E-state index contributed by atoms with van der Waals surface area (Å²) in [6.45, 7) is 0.401. The number of nitrogens with zero attached hydrogens (tertiary/aromatic N) is 1. The average Bonchev–Trinajstić information content (AvgIpc) is 2.29. The molecule has 1 amide bonds. The van der Waals surface area contributed by atoms with Crippen LogP contribution in [0.25, 0.3) is 0 Å². The molecule has 1 heterocycles. The van der Waals surface area contributed by atoms with E-state index in [0.29, 0.717) is 11.9 Å². The van der Waals surface area contributed by atoms with Gasteiger partial charge in [0.25, 0.3) is 5.91 Å². The highest BCUT2D eigenvalue weighted by atomic mass is 79.9. The van der Waals surface area contributed by atoms with E-state index < -0.39 is 5.82 Å². The van der Waals surface area contributed by atoms with Crippen LogP contribution < -0.4 is 5.32 Å². The maximum Gasteiger partial charge on any atom is 0.270 e. The normalized spacial score (nSPS) is 12.2. The van der Waals surface area contributed by atoms with Gasteiger partial charge in [-0.15, -0.1) is 0 Å². The van der Waals surface area contributed by atoms with Gasteiger partial charge >= 0.3 is 0 Å². The molecule has 1 aromatic heterocycles. The Hall–Kier alpha value is -1.01. The number of nitrogens with one attached hydrogen (secondary N) is 1. The van der Waals surface area contributed by atoms with Crippen molar-refractivity contribution in [3.63, 3.8) is 0 Å². The minimum Gasteiger partial charge on any atom is -0.383 e. The molecule has 0 aromatic carbocycles. The molecule has 1 atom stereocenters. The molecule has 1 N–H and O–H groups in total. The van der Waals surface area contributed by atoms with Gasteiger partial charge in [-0.25, -0.2) is 9.37 Å². The first kappa shape index (κ1) is 13.1. The van der Waals surface area contributed by atoms with Crippen molar-refractivity contribution in [1.82, 2.24) is 10.3 Å². The van der Waals surface area contributed by atoms with Crippen molar-refractivity contribution in [2.45, 2.75) is 6.04 Å². The van der Waals surface area contributed by atoms with Crippen LogP contribution >= 0.6 is 15.9 Å². The van der Waals surface area contributed by atoms with E-state index in [0.717, 1.165) is 6.20 Å². The zero-order valence-corrected chi connectivity index (χ0v) is 10.3. The fourth-order valence-corrected chi connectivity index (χ4v) is 1.44. The van der Waals surface area contributed by atoms with Crippen LogP contribution in [0.1, 0.15) is 10.5 Å². The fraction of sp³-hybridized carbons (Fsp3) is 0.400. The number of halogens is 2. The molecule has 0 bridgehead atoms. The lowest BCUT2D eigenvalue weighted by atomic mass is 10.3. The van der Waals surface area contributed by atoms with Crippen LogP contribution in [0.15, 0.2) is 18.3 Å². The summed E-state index contributed by atoms with van der Waals surface area (Å²) in [5.74, 6) is -0.813. The number of hydrogen-bond acceptors (Lipinski definition) is 3. The average molecular weight is 291 g/mol. The predicted molar refractivity (Wildman–Crippen MR) is 61.1 cm³/mol. The number of rotatable bonds is 5. The van der Waals surface area contributed by atoms with Gasteiger partial charge in [0.05, 0.1) is 18.8 Å². The molecule has 1 aromatic rings. The predicted octanol–water partition coefficient (Wildman–Crippen LogP) is 1.36. The molecule has 0 aliphatic heterocycles. The minimum atomic E-state index is -0.467. The molecule has 16 heavy (non-hydrogen) atoms. The lowest BCUT2D eigenvalue weighted by molar-refractivity contribution is 0.0903. The Labute approximate surface area is 101 Å². The van der Waals surface area contributed by atoms with Crippen LogP contribution in [-0.4, -0.2) is 36.0 Å². The maximum atomic E-state index is 12.6. The number of aromatic nitrogens is 1. The van der Waals surface area contributed by atoms with Crippen molar-refractivity contribution < 1.29 is 13.9 Å². The van der Waals surface area contributed by atoms with E-state index in [1.165, 1.54) is 12.1 Å². The lowest BCUT2D eigenvalue weighted by Crippen LogP contribution is -2.39. The topological polar surface area (TPSA) is 51.2 Å². The minimum absolute atomic E-state index is 0.135. The molecule has 0 aliphatic rings. The van der Waals surface area contributed by atoms with Gasteiger partial charge in [-0.3, -0.25) is 4.79 Å². The molecular formula is C10H12BrFN2O2. The van der Waals surface area contributed by atoms with Gasteiger partial charge in [0, 0.05) is 12.4 Å². The van der Waals surface area contributed by atoms with Crippen LogP contribution in [0.2, 0.25) is 0 Å². The summed E-state index contributed by atoms with van der Waals surface area (Å²) in [5, 5.41) is 3.28. The van der Waals surface area contributed by atoms with Crippen LogP contribution in [0.3, 0.4) is 0 Å². The SMILES string of the molecule is COCC(CBr)NC(=O)c1ccc(F)cn1. The monoisotopic (exact) mass is 290 g/mol. The zero-order chi connectivity index (χ0) is 12.0. The van der Waals surface area contributed by atoms with Gasteiger partial charge in [-0.2, -0.15) is 0 Å². The Morgan fingerprint density at radius 3 is 2.94 bits per heavy atom. The van der Waals surface area contributed by atoms with E-state index in [1.54, 1.807) is 7.11 Å². The van der Waals surface area contributed by atoms with Gasteiger partial charge in [0.2, 0.25) is 0 Å². The summed E-state index contributed by atoms with van der Waals surface area (Å²) >= 11 is 3.25. The first-order chi connectivity index (χ1) is 7.67. The van der Waals surface area contributed by atoms with E-state index in [1.807, 2.05) is 0 Å². The summed E-state index contributed by atoms with van der Waals surface area (Å²) in [4.78, 5) is 15.3. The molecule has 88 valence electrons. The number of carbonyl (C=O) groups excluding carboxylic acids is 1. The number of ether oxygens (including phenoxy) is 1. The number of carbonyl (C=O) groups is 1. The fourth-order valence-electron chi connectivity index (χ4n) is 1.10. The van der Waals surface area contributed by atoms with Crippen LogP contribution in [-0.2, 0) is 4.74 Å². The third kappa shape index (κ3) is 3.86. The summed E-state index contributed by atoms with van der Waals surface area (Å²) in [6.07, 6.45) is 1.01. The second-order valence-electron chi connectivity index (χ2n) is 3.14. The Morgan fingerprint density at radius 2 is 2.44 bits per heavy atom. The summed E-state index contributed by atoms with van der Waals surface area (Å²) in [7, 11) is 1.55. The van der Waals surface area contributed by atoms with Gasteiger partial charge in [0.1, 0.15) is 11.5 Å². The first-order valence-corrected chi connectivity index (χ1v) is 5.77. The lowest BCUT2D eigenvalue weighted by Gasteiger charge is -2.14. The molecule has 1 rings (SSSR count). The molecule has 0 saturated heterocycles. The van der Waals surface area contributed by atoms with E-state index in [9.17, 15) is 9.18 Å². The Balaban J connectivity index is 2.60. The molecule has 0 spiro atoms. The highest BCUT2D eigenvalue weighted by Crippen LogP contribution is 2.00. The molecule has 0 fully saturated rings. The van der Waals surface area contributed by atoms with Crippen molar-refractivity contribution in [3.05, 3.63) is 29.8 Å². The Bertz CT molecular complexity index is 345. The van der Waals surface area contributed by atoms with Crippen LogP contribution in [0, 0.1) is 5.82 Å². The van der Waals surface area contributed by atoms with Crippen molar-refractivity contribution in [2.24, 2.45) is 0 Å². The Morgan fingerprint density at radius 1 is 1.69 bits per heavy atom. The molecule has 0 saturated carbocycles. The molecular weight excluding hydrogens is 279 g/mol. The Kier molecular flexibility index (Phi) is 5.34. The number of amides is 1. The summed E-state index contributed by atoms with van der Waals surface area (Å²) in [5.41, 5.74) is 0.184. The molecule has 0 radical (unpaired) electrons. The van der Waals surface area contributed by atoms with Crippen molar-refractivity contribution in [2.75, 3.05) is 19.0 Å². The molecule has 0 aliphatic carbocycles.